The second-order valence-corrected chi connectivity index (χ2v) is 18.6. The molecule has 0 radical (unpaired) electrons. The van der Waals surface area contributed by atoms with Crippen molar-refractivity contribution in [2.45, 2.75) is 269 Å². The van der Waals surface area contributed by atoms with E-state index in [1.54, 1.807) is 6.08 Å². The first-order valence-corrected chi connectivity index (χ1v) is 27.1. The average Bonchev–Trinajstić information content (AvgIpc) is 3.32. The van der Waals surface area contributed by atoms with E-state index in [2.05, 4.69) is 74.7 Å². The van der Waals surface area contributed by atoms with Gasteiger partial charge in [-0.2, -0.15) is 0 Å². The molecule has 1 saturated heterocycles. The standard InChI is InChI=1S/C56H99NO10/c1-4-7-10-13-16-19-22-23-24-25-26-27-29-32-35-38-41-44-51(61)67-54-53(63)52(62)50(45-58)66-56(54)65-46-47(48(59)42-39-36-33-31-28-20-17-14-11-8-5-2)57-55(64)49(60)43-40-37-34-30-21-18-15-12-9-6-3/h15-16,18-19,23-24,26-27,39,42,47-50,52-54,56,58-60,62-63H,4-14,17,20-22,25,28-38,40-41,43-46H2,1-3H3,(H,57,64)/b18-15-,19-16-,24-23-,27-26-,42-39+. The highest BCUT2D eigenvalue weighted by molar-refractivity contribution is 5.80. The monoisotopic (exact) mass is 946 g/mol. The third kappa shape index (κ3) is 33.5. The zero-order valence-corrected chi connectivity index (χ0v) is 42.5. The highest BCUT2D eigenvalue weighted by Crippen LogP contribution is 2.26. The SMILES string of the molecule is CCCC/C=C\CCCCCCC(O)C(=O)NC(COC1OC(CO)C(O)C(O)C1OC(=O)CCCCCC/C=C\C/C=C\C/C=C\CCCCC)C(O)/C=C/CCCCCCCCCCC. The number of ether oxygens (including phenoxy) is 3. The predicted octanol–water partition coefficient (Wildman–Crippen LogP) is 11.5. The van der Waals surface area contributed by atoms with Gasteiger partial charge in [0.15, 0.2) is 12.4 Å². The molecule has 0 spiro atoms. The zero-order chi connectivity index (χ0) is 49.0. The van der Waals surface area contributed by atoms with E-state index in [0.29, 0.717) is 12.8 Å². The molecular weight excluding hydrogens is 847 g/mol. The minimum atomic E-state index is -1.62. The van der Waals surface area contributed by atoms with Gasteiger partial charge in [-0.15, -0.1) is 0 Å². The van der Waals surface area contributed by atoms with Crippen LogP contribution in [0.15, 0.2) is 60.8 Å². The van der Waals surface area contributed by atoms with Crippen molar-refractivity contribution in [1.82, 2.24) is 5.32 Å². The quantitative estimate of drug-likeness (QED) is 0.0196. The molecule has 0 aromatic rings. The fourth-order valence-electron chi connectivity index (χ4n) is 7.99. The summed E-state index contributed by atoms with van der Waals surface area (Å²) in [6.45, 7) is 5.66. The number of carbonyl (C=O) groups is 2. The Morgan fingerprint density at radius 2 is 1.04 bits per heavy atom. The van der Waals surface area contributed by atoms with Crippen molar-refractivity contribution in [3.8, 4) is 0 Å². The topological polar surface area (TPSA) is 175 Å². The lowest BCUT2D eigenvalue weighted by atomic mass is 9.99. The molecule has 0 saturated carbocycles. The van der Waals surface area contributed by atoms with Crippen molar-refractivity contribution in [2.75, 3.05) is 13.2 Å². The average molecular weight is 946 g/mol. The number of nitrogens with one attached hydrogen (secondary N) is 1. The van der Waals surface area contributed by atoms with Crippen LogP contribution in [0.1, 0.15) is 220 Å². The Morgan fingerprint density at radius 1 is 0.582 bits per heavy atom. The molecule has 0 aliphatic carbocycles. The van der Waals surface area contributed by atoms with Crippen molar-refractivity contribution in [3.05, 3.63) is 60.8 Å². The molecule has 1 heterocycles. The Hall–Kier alpha value is -2.64. The van der Waals surface area contributed by atoms with Gasteiger partial charge in [-0.3, -0.25) is 9.59 Å². The van der Waals surface area contributed by atoms with E-state index in [1.807, 2.05) is 6.08 Å². The van der Waals surface area contributed by atoms with Gasteiger partial charge < -0.3 is 45.1 Å². The van der Waals surface area contributed by atoms with Gasteiger partial charge >= 0.3 is 5.97 Å². The van der Waals surface area contributed by atoms with Gasteiger partial charge in [0.25, 0.3) is 0 Å². The maximum atomic E-state index is 13.3. The third-order valence-electron chi connectivity index (χ3n) is 12.4. The fourth-order valence-corrected chi connectivity index (χ4v) is 7.99. The maximum Gasteiger partial charge on any atom is 0.306 e. The van der Waals surface area contributed by atoms with Gasteiger partial charge in [-0.05, 0) is 83.5 Å². The summed E-state index contributed by atoms with van der Waals surface area (Å²) < 4.78 is 17.5. The van der Waals surface area contributed by atoms with Crippen LogP contribution < -0.4 is 5.32 Å². The number of unbranched alkanes of at least 4 members (excludes halogenated alkanes) is 22. The number of amides is 1. The fraction of sp³-hybridized carbons (Fsp3) is 0.786. The largest absolute Gasteiger partial charge is 0.454 e. The predicted molar refractivity (Wildman–Crippen MR) is 273 cm³/mol. The summed E-state index contributed by atoms with van der Waals surface area (Å²) in [5, 5.41) is 56.6. The van der Waals surface area contributed by atoms with Crippen LogP contribution >= 0.6 is 0 Å². The second-order valence-electron chi connectivity index (χ2n) is 18.6. The third-order valence-corrected chi connectivity index (χ3v) is 12.4. The molecule has 0 bridgehead atoms. The Balaban J connectivity index is 2.76. The molecule has 1 aliphatic rings. The lowest BCUT2D eigenvalue weighted by Gasteiger charge is -2.41. The molecule has 11 nitrogen and oxygen atoms in total. The van der Waals surface area contributed by atoms with E-state index >= 15 is 0 Å². The molecule has 1 fully saturated rings. The lowest BCUT2D eigenvalue weighted by molar-refractivity contribution is -0.305. The van der Waals surface area contributed by atoms with E-state index < -0.39 is 67.4 Å². The minimum Gasteiger partial charge on any atom is -0.454 e. The van der Waals surface area contributed by atoms with Crippen molar-refractivity contribution in [3.63, 3.8) is 0 Å². The molecule has 1 rings (SSSR count). The minimum absolute atomic E-state index is 0.0955. The van der Waals surface area contributed by atoms with Gasteiger partial charge in [0.2, 0.25) is 5.91 Å². The maximum absolute atomic E-state index is 13.3. The van der Waals surface area contributed by atoms with Crippen LogP contribution in [0.5, 0.6) is 0 Å². The molecule has 1 amide bonds. The Bertz CT molecular complexity index is 1320. The normalized spacial score (nSPS) is 20.5. The van der Waals surface area contributed by atoms with E-state index in [-0.39, 0.29) is 19.4 Å². The van der Waals surface area contributed by atoms with Gasteiger partial charge in [-0.25, -0.2) is 0 Å². The highest BCUT2D eigenvalue weighted by atomic mass is 16.7. The van der Waals surface area contributed by atoms with Gasteiger partial charge in [0, 0.05) is 6.42 Å². The van der Waals surface area contributed by atoms with Crippen molar-refractivity contribution in [1.29, 1.82) is 0 Å². The highest BCUT2D eigenvalue weighted by Gasteiger charge is 2.47. The number of hydrogen-bond acceptors (Lipinski definition) is 10. The molecule has 1 aliphatic heterocycles. The number of carbonyl (C=O) groups excluding carboxylic acids is 2. The van der Waals surface area contributed by atoms with Gasteiger partial charge in [0.1, 0.15) is 24.4 Å². The molecular formula is C56H99NO10. The molecule has 6 N–H and O–H groups in total. The number of aliphatic hydroxyl groups is 5. The molecule has 0 aromatic carbocycles. The number of rotatable bonds is 44. The molecule has 388 valence electrons. The van der Waals surface area contributed by atoms with Crippen LogP contribution in [-0.2, 0) is 23.8 Å². The summed E-state index contributed by atoms with van der Waals surface area (Å²) in [6, 6.07) is -1.03. The van der Waals surface area contributed by atoms with E-state index in [9.17, 15) is 35.1 Å². The van der Waals surface area contributed by atoms with Crippen LogP contribution in [0, 0.1) is 0 Å². The summed E-state index contributed by atoms with van der Waals surface area (Å²) in [4.78, 5) is 26.3. The number of allylic oxidation sites excluding steroid dienone is 9. The summed E-state index contributed by atoms with van der Waals surface area (Å²) in [6.07, 6.45) is 42.7. The molecule has 11 heteroatoms. The lowest BCUT2D eigenvalue weighted by Crippen LogP contribution is -2.61. The van der Waals surface area contributed by atoms with Crippen LogP contribution in [0.2, 0.25) is 0 Å². The second kappa shape index (κ2) is 44.6. The Morgan fingerprint density at radius 3 is 1.63 bits per heavy atom. The van der Waals surface area contributed by atoms with Crippen molar-refractivity contribution in [2.24, 2.45) is 0 Å². The Kier molecular flexibility index (Phi) is 41.5. The summed E-state index contributed by atoms with van der Waals surface area (Å²) >= 11 is 0. The van der Waals surface area contributed by atoms with Gasteiger partial charge in [0.05, 0.1) is 25.4 Å². The molecule has 8 atom stereocenters. The molecule has 0 aromatic heterocycles. The van der Waals surface area contributed by atoms with E-state index in [4.69, 9.17) is 14.2 Å². The first-order chi connectivity index (χ1) is 32.7. The summed E-state index contributed by atoms with van der Waals surface area (Å²) in [5.41, 5.74) is 0. The number of hydrogen-bond donors (Lipinski definition) is 6. The first-order valence-electron chi connectivity index (χ1n) is 27.1. The van der Waals surface area contributed by atoms with Crippen molar-refractivity contribution >= 4 is 11.9 Å². The van der Waals surface area contributed by atoms with Crippen LogP contribution in [0.25, 0.3) is 0 Å². The Labute approximate surface area is 408 Å². The molecule has 8 unspecified atom stereocenters. The summed E-state index contributed by atoms with van der Waals surface area (Å²) in [7, 11) is 0. The van der Waals surface area contributed by atoms with Crippen LogP contribution in [0.3, 0.4) is 0 Å². The smallest absolute Gasteiger partial charge is 0.306 e. The zero-order valence-electron chi connectivity index (χ0n) is 42.5. The van der Waals surface area contributed by atoms with Gasteiger partial charge in [-0.1, -0.05) is 191 Å². The summed E-state index contributed by atoms with van der Waals surface area (Å²) in [5.74, 6) is -1.23. The number of esters is 1. The molecule has 67 heavy (non-hydrogen) atoms. The van der Waals surface area contributed by atoms with Crippen LogP contribution in [0.4, 0.5) is 0 Å². The van der Waals surface area contributed by atoms with Crippen LogP contribution in [-0.4, -0.2) is 99.6 Å². The van der Waals surface area contributed by atoms with E-state index in [0.717, 1.165) is 96.3 Å². The van der Waals surface area contributed by atoms with E-state index in [1.165, 1.54) is 77.0 Å². The number of aliphatic hydroxyl groups excluding tert-OH is 5. The van der Waals surface area contributed by atoms with Crippen molar-refractivity contribution < 1.29 is 49.3 Å². The first kappa shape index (κ1) is 62.4.